The number of aromatic amines is 1. The van der Waals surface area contributed by atoms with Gasteiger partial charge in [-0.15, -0.1) is 11.3 Å². The lowest BCUT2D eigenvalue weighted by atomic mass is 10.1. The van der Waals surface area contributed by atoms with Gasteiger partial charge in [-0.2, -0.15) is 5.10 Å². The lowest BCUT2D eigenvalue weighted by Gasteiger charge is -2.26. The van der Waals surface area contributed by atoms with Crippen LogP contribution in [0.3, 0.4) is 0 Å². The smallest absolute Gasteiger partial charge is 0.264 e. The number of rotatable bonds is 2. The van der Waals surface area contributed by atoms with Crippen LogP contribution >= 0.6 is 11.3 Å². The molecule has 0 atom stereocenters. The molecule has 1 aromatic carbocycles. The number of H-pyrrole nitrogens is 1. The fraction of sp³-hybridized carbons (Fsp3) is 0.188. The highest BCUT2D eigenvalue weighted by molar-refractivity contribution is 7.07. The number of hydrogen-bond acceptors (Lipinski definition) is 5. The third-order valence-electron chi connectivity index (χ3n) is 3.97. The molecule has 1 amide bonds. The first-order chi connectivity index (χ1) is 11.6. The van der Waals surface area contributed by atoms with Gasteiger partial charge < -0.3 is 14.2 Å². The number of thiazole rings is 1. The Morgan fingerprint density at radius 1 is 1.33 bits per heavy atom. The molecule has 0 radical (unpaired) electrons. The molecule has 4 rings (SSSR count). The maximum atomic E-state index is 11.8. The zero-order valence-corrected chi connectivity index (χ0v) is 14.0. The lowest BCUT2D eigenvalue weighted by Crippen LogP contribution is -2.35. The summed E-state index contributed by atoms with van der Waals surface area (Å²) in [5, 5.41) is 8.78. The Morgan fingerprint density at radius 2 is 2.21 bits per heavy atom. The second-order valence-electron chi connectivity index (χ2n) is 5.44. The minimum Gasteiger partial charge on any atom is -0.482 e. The molecule has 0 saturated heterocycles. The first kappa shape index (κ1) is 14.7. The quantitative estimate of drug-likeness (QED) is 0.775. The number of benzene rings is 1. The molecule has 0 bridgehead atoms. The van der Waals surface area contributed by atoms with Crippen LogP contribution in [0.4, 0.5) is 11.5 Å². The van der Waals surface area contributed by atoms with Crippen molar-refractivity contribution in [3.05, 3.63) is 40.6 Å². The zero-order chi connectivity index (χ0) is 16.7. The van der Waals surface area contributed by atoms with Crippen molar-refractivity contribution in [1.29, 1.82) is 0 Å². The molecular formula is C16H15N5O2S. The van der Waals surface area contributed by atoms with Crippen LogP contribution in [0, 0.1) is 0 Å². The Labute approximate surface area is 141 Å². The van der Waals surface area contributed by atoms with Crippen molar-refractivity contribution >= 4 is 28.7 Å². The van der Waals surface area contributed by atoms with Gasteiger partial charge >= 0.3 is 0 Å². The van der Waals surface area contributed by atoms with Gasteiger partial charge in [-0.25, -0.2) is 4.99 Å². The van der Waals surface area contributed by atoms with E-state index in [1.807, 2.05) is 41.3 Å². The molecule has 3 heterocycles. The summed E-state index contributed by atoms with van der Waals surface area (Å²) >= 11 is 1.54. The summed E-state index contributed by atoms with van der Waals surface area (Å²) < 4.78 is 7.49. The van der Waals surface area contributed by atoms with Crippen molar-refractivity contribution in [3.63, 3.8) is 0 Å². The summed E-state index contributed by atoms with van der Waals surface area (Å²) in [6, 6.07) is 7.67. The van der Waals surface area contributed by atoms with E-state index in [4.69, 9.17) is 4.74 Å². The molecule has 0 unspecified atom stereocenters. The van der Waals surface area contributed by atoms with E-state index in [0.29, 0.717) is 5.82 Å². The zero-order valence-electron chi connectivity index (χ0n) is 13.2. The molecule has 0 fully saturated rings. The predicted octanol–water partition coefficient (Wildman–Crippen LogP) is 2.06. The Bertz CT molecular complexity index is 971. The first-order valence-corrected chi connectivity index (χ1v) is 8.24. The number of anilines is 1. The van der Waals surface area contributed by atoms with Gasteiger partial charge in [0, 0.05) is 31.1 Å². The molecule has 0 aliphatic carbocycles. The van der Waals surface area contributed by atoms with E-state index in [-0.39, 0.29) is 12.5 Å². The van der Waals surface area contributed by atoms with E-state index in [1.54, 1.807) is 29.5 Å². The summed E-state index contributed by atoms with van der Waals surface area (Å²) in [5.41, 5.74) is 2.80. The number of hydrogen-bond donors (Lipinski definition) is 1. The fourth-order valence-corrected chi connectivity index (χ4v) is 3.50. The van der Waals surface area contributed by atoms with Crippen LogP contribution in [0.15, 0.2) is 40.8 Å². The van der Waals surface area contributed by atoms with Crippen LogP contribution in [0.25, 0.3) is 11.3 Å². The van der Waals surface area contributed by atoms with Crippen LogP contribution in [-0.4, -0.2) is 34.3 Å². The molecule has 0 spiro atoms. The molecule has 3 aromatic rings. The number of fused-ring (bicyclic) bond motifs is 1. The van der Waals surface area contributed by atoms with Gasteiger partial charge in [0.1, 0.15) is 5.75 Å². The predicted molar refractivity (Wildman–Crippen MR) is 91.4 cm³/mol. The summed E-state index contributed by atoms with van der Waals surface area (Å²) in [6.45, 7) is 0.0856. The van der Waals surface area contributed by atoms with Crippen molar-refractivity contribution in [2.75, 3.05) is 18.6 Å². The largest absolute Gasteiger partial charge is 0.482 e. The summed E-state index contributed by atoms with van der Waals surface area (Å²) in [4.78, 5) is 18.8. The van der Waals surface area contributed by atoms with E-state index in [0.717, 1.165) is 27.5 Å². The molecule has 2 aromatic heterocycles. The minimum atomic E-state index is -0.0516. The number of likely N-dealkylation sites (N-methyl/N-ethyl adjacent to an activating group) is 1. The normalized spacial score (nSPS) is 14.7. The van der Waals surface area contributed by atoms with Crippen molar-refractivity contribution in [2.24, 2.45) is 12.0 Å². The van der Waals surface area contributed by atoms with Gasteiger partial charge in [0.2, 0.25) is 0 Å². The number of nitrogens with one attached hydrogen (secondary N) is 1. The average Bonchev–Trinajstić information content (AvgIpc) is 3.22. The van der Waals surface area contributed by atoms with E-state index in [2.05, 4.69) is 15.2 Å². The highest BCUT2D eigenvalue weighted by Crippen LogP contribution is 2.35. The number of nitrogens with zero attached hydrogens (tertiary/aromatic N) is 4. The maximum absolute atomic E-state index is 11.8. The Hall–Kier alpha value is -2.87. The lowest BCUT2D eigenvalue weighted by molar-refractivity contribution is -0.120. The molecule has 1 aliphatic rings. The van der Waals surface area contributed by atoms with Crippen molar-refractivity contribution < 1.29 is 9.53 Å². The summed E-state index contributed by atoms with van der Waals surface area (Å²) in [7, 11) is 3.73. The monoisotopic (exact) mass is 341 g/mol. The number of ether oxygens (including phenoxy) is 1. The highest BCUT2D eigenvalue weighted by Gasteiger charge is 2.22. The van der Waals surface area contributed by atoms with Crippen LogP contribution in [0.5, 0.6) is 5.75 Å². The van der Waals surface area contributed by atoms with Gasteiger partial charge in [0.25, 0.3) is 5.91 Å². The number of carbonyl (C=O) groups is 1. The molecule has 7 nitrogen and oxygen atoms in total. The number of aromatic nitrogens is 3. The van der Waals surface area contributed by atoms with Gasteiger partial charge in [-0.3, -0.25) is 9.89 Å². The Balaban J connectivity index is 1.78. The second-order valence-corrected chi connectivity index (χ2v) is 6.28. The number of amides is 1. The van der Waals surface area contributed by atoms with Gasteiger partial charge in [0.15, 0.2) is 17.2 Å². The summed E-state index contributed by atoms with van der Waals surface area (Å²) in [6.07, 6.45) is 1.67. The van der Waals surface area contributed by atoms with Gasteiger partial charge in [-0.05, 0) is 18.2 Å². The number of carbonyl (C=O) groups excluding carboxylic acids is 1. The Kier molecular flexibility index (Phi) is 3.46. The standard InChI is InChI=1S/C16H15N5O2S/c1-20-11-7-10(3-4-13(11)23-8-15(20)22)12-9-24-16(21(12)2)18-14-5-6-17-19-14/h3-7,9H,8H2,1-2H3,(H,17,19). The van der Waals surface area contributed by atoms with Crippen LogP contribution < -0.4 is 14.4 Å². The van der Waals surface area contributed by atoms with Crippen molar-refractivity contribution in [3.8, 4) is 17.0 Å². The second kappa shape index (κ2) is 5.64. The SMILES string of the molecule is CN1C(=O)COc2ccc(-c3csc(=Nc4ccn[nH]4)n3C)cc21. The fourth-order valence-electron chi connectivity index (χ4n) is 2.58. The van der Waals surface area contributed by atoms with E-state index < -0.39 is 0 Å². The van der Waals surface area contributed by atoms with E-state index in [9.17, 15) is 4.79 Å². The molecule has 1 N–H and O–H groups in total. The third-order valence-corrected chi connectivity index (χ3v) is 4.88. The van der Waals surface area contributed by atoms with E-state index in [1.165, 1.54) is 0 Å². The average molecular weight is 341 g/mol. The minimum absolute atomic E-state index is 0.0516. The van der Waals surface area contributed by atoms with Crippen molar-refractivity contribution in [2.45, 2.75) is 0 Å². The first-order valence-electron chi connectivity index (χ1n) is 7.36. The van der Waals surface area contributed by atoms with E-state index >= 15 is 0 Å². The van der Waals surface area contributed by atoms with Crippen molar-refractivity contribution in [1.82, 2.24) is 14.8 Å². The molecule has 0 saturated carbocycles. The molecule has 8 heteroatoms. The van der Waals surface area contributed by atoms with Crippen LogP contribution in [0.1, 0.15) is 0 Å². The summed E-state index contributed by atoms with van der Waals surface area (Å²) in [5.74, 6) is 1.38. The van der Waals surface area contributed by atoms with Crippen LogP contribution in [0.2, 0.25) is 0 Å². The molecule has 1 aliphatic heterocycles. The molecular weight excluding hydrogens is 326 g/mol. The van der Waals surface area contributed by atoms with Crippen LogP contribution in [-0.2, 0) is 11.8 Å². The third kappa shape index (κ3) is 2.41. The molecule has 24 heavy (non-hydrogen) atoms. The topological polar surface area (TPSA) is 75.5 Å². The Morgan fingerprint density at radius 3 is 3.00 bits per heavy atom. The van der Waals surface area contributed by atoms with Gasteiger partial charge in [0.05, 0.1) is 17.6 Å². The molecule has 122 valence electrons. The maximum Gasteiger partial charge on any atom is 0.264 e. The van der Waals surface area contributed by atoms with Gasteiger partial charge in [-0.1, -0.05) is 0 Å². The highest BCUT2D eigenvalue weighted by atomic mass is 32.1.